The molecule has 1 atom stereocenters. The van der Waals surface area contributed by atoms with Crippen LogP contribution in [0.4, 0.5) is 0 Å². The van der Waals surface area contributed by atoms with Gasteiger partial charge in [0.25, 0.3) is 0 Å². The summed E-state index contributed by atoms with van der Waals surface area (Å²) in [6.45, 7) is 4.91. The molecule has 0 aromatic carbocycles. The van der Waals surface area contributed by atoms with Gasteiger partial charge >= 0.3 is 0 Å². The fourth-order valence-electron chi connectivity index (χ4n) is 1.60. The summed E-state index contributed by atoms with van der Waals surface area (Å²) in [5, 5.41) is 0. The summed E-state index contributed by atoms with van der Waals surface area (Å²) in [7, 11) is 2.13. The van der Waals surface area contributed by atoms with Crippen molar-refractivity contribution in [1.82, 2.24) is 4.90 Å². The number of hydrogen-bond acceptors (Lipinski definition) is 2. The van der Waals surface area contributed by atoms with Gasteiger partial charge in [-0.2, -0.15) is 0 Å². The van der Waals surface area contributed by atoms with Gasteiger partial charge in [0, 0.05) is 12.6 Å². The molecule has 1 heterocycles. The third-order valence-corrected chi connectivity index (χ3v) is 2.50. The zero-order chi connectivity index (χ0) is 9.14. The molecule has 1 unspecified atom stereocenters. The molecule has 0 aromatic rings. The molecule has 68 valence electrons. The van der Waals surface area contributed by atoms with Gasteiger partial charge in [-0.1, -0.05) is 5.57 Å². The lowest BCUT2D eigenvalue weighted by atomic mass is 9.97. The van der Waals surface area contributed by atoms with Crippen LogP contribution in [0, 0.1) is 0 Å². The van der Waals surface area contributed by atoms with Crippen LogP contribution < -0.4 is 0 Å². The van der Waals surface area contributed by atoms with Crippen molar-refractivity contribution in [3.63, 3.8) is 0 Å². The molecule has 0 amide bonds. The van der Waals surface area contributed by atoms with Gasteiger partial charge in [-0.15, -0.1) is 0 Å². The van der Waals surface area contributed by atoms with E-state index in [4.69, 9.17) is 0 Å². The minimum Gasteiger partial charge on any atom is -0.303 e. The zero-order valence-corrected chi connectivity index (χ0v) is 8.13. The molecule has 0 bridgehead atoms. The maximum absolute atomic E-state index is 10.8. The molecular formula is C10H17NO. The second-order valence-electron chi connectivity index (χ2n) is 3.70. The summed E-state index contributed by atoms with van der Waals surface area (Å²) in [6.07, 6.45) is 3.90. The molecule has 1 aliphatic rings. The minimum absolute atomic E-state index is 0.182. The Labute approximate surface area is 74.2 Å². The Morgan fingerprint density at radius 3 is 2.83 bits per heavy atom. The fraction of sp³-hybridized carbons (Fsp3) is 0.700. The van der Waals surface area contributed by atoms with Crippen LogP contribution in [0.25, 0.3) is 0 Å². The first-order valence-corrected chi connectivity index (χ1v) is 4.50. The highest BCUT2D eigenvalue weighted by molar-refractivity contribution is 5.87. The van der Waals surface area contributed by atoms with Crippen LogP contribution in [0.15, 0.2) is 11.6 Å². The van der Waals surface area contributed by atoms with Crippen molar-refractivity contribution in [3.8, 4) is 0 Å². The van der Waals surface area contributed by atoms with Crippen LogP contribution in [0.2, 0.25) is 0 Å². The summed E-state index contributed by atoms with van der Waals surface area (Å²) >= 11 is 0. The summed E-state index contributed by atoms with van der Waals surface area (Å²) in [5.41, 5.74) is 1.31. The number of carbonyl (C=O) groups is 1. The first kappa shape index (κ1) is 9.46. The van der Waals surface area contributed by atoms with Gasteiger partial charge in [0.15, 0.2) is 5.78 Å². The fourth-order valence-corrected chi connectivity index (χ4v) is 1.60. The number of rotatable bonds is 1. The minimum atomic E-state index is 0.182. The van der Waals surface area contributed by atoms with Crippen LogP contribution in [0.5, 0.6) is 0 Å². The van der Waals surface area contributed by atoms with E-state index in [1.54, 1.807) is 13.0 Å². The molecule has 1 saturated heterocycles. The van der Waals surface area contributed by atoms with Crippen molar-refractivity contribution in [2.75, 3.05) is 13.6 Å². The van der Waals surface area contributed by atoms with Crippen molar-refractivity contribution in [2.45, 2.75) is 32.7 Å². The predicted molar refractivity (Wildman–Crippen MR) is 50.1 cm³/mol. The van der Waals surface area contributed by atoms with Gasteiger partial charge in [-0.3, -0.25) is 4.79 Å². The molecule has 2 heteroatoms. The Balaban J connectivity index is 2.56. The average molecular weight is 167 g/mol. The van der Waals surface area contributed by atoms with Gasteiger partial charge in [0.05, 0.1) is 0 Å². The lowest BCUT2D eigenvalue weighted by Crippen LogP contribution is -2.34. The van der Waals surface area contributed by atoms with E-state index < -0.39 is 0 Å². The van der Waals surface area contributed by atoms with E-state index in [1.807, 2.05) is 0 Å². The zero-order valence-electron chi connectivity index (χ0n) is 8.13. The topological polar surface area (TPSA) is 20.3 Å². The van der Waals surface area contributed by atoms with Crippen molar-refractivity contribution in [2.24, 2.45) is 0 Å². The highest BCUT2D eigenvalue weighted by atomic mass is 16.1. The van der Waals surface area contributed by atoms with Crippen LogP contribution in [0.1, 0.15) is 26.7 Å². The third-order valence-electron chi connectivity index (χ3n) is 2.50. The molecule has 0 N–H and O–H groups in total. The number of hydrogen-bond donors (Lipinski definition) is 0. The van der Waals surface area contributed by atoms with Gasteiger partial charge in [-0.25, -0.2) is 0 Å². The van der Waals surface area contributed by atoms with E-state index >= 15 is 0 Å². The highest BCUT2D eigenvalue weighted by Crippen LogP contribution is 2.20. The Hall–Kier alpha value is -0.630. The lowest BCUT2D eigenvalue weighted by molar-refractivity contribution is -0.112. The van der Waals surface area contributed by atoms with Crippen LogP contribution in [-0.4, -0.2) is 30.3 Å². The molecule has 0 spiro atoms. The lowest BCUT2D eigenvalue weighted by Gasteiger charge is -2.31. The first-order chi connectivity index (χ1) is 5.59. The van der Waals surface area contributed by atoms with Gasteiger partial charge in [0.1, 0.15) is 0 Å². The van der Waals surface area contributed by atoms with Gasteiger partial charge in [0.2, 0.25) is 0 Å². The summed E-state index contributed by atoms with van der Waals surface area (Å²) < 4.78 is 0. The average Bonchev–Trinajstić information content (AvgIpc) is 1.96. The monoisotopic (exact) mass is 167 g/mol. The molecule has 0 aromatic heterocycles. The number of allylic oxidation sites excluding steroid dienone is 1. The molecular weight excluding hydrogens is 150 g/mol. The van der Waals surface area contributed by atoms with Crippen molar-refractivity contribution in [3.05, 3.63) is 11.6 Å². The maximum atomic E-state index is 10.8. The van der Waals surface area contributed by atoms with Crippen molar-refractivity contribution in [1.29, 1.82) is 0 Å². The van der Waals surface area contributed by atoms with E-state index in [-0.39, 0.29) is 5.78 Å². The van der Waals surface area contributed by atoms with E-state index in [0.29, 0.717) is 6.04 Å². The molecule has 1 fully saturated rings. The number of piperidine rings is 1. The van der Waals surface area contributed by atoms with E-state index in [2.05, 4.69) is 18.9 Å². The molecule has 1 rings (SSSR count). The largest absolute Gasteiger partial charge is 0.303 e. The standard InChI is InChI=1S/C10H17NO/c1-8-6-10(7-9(2)12)4-5-11(8)3/h7-8H,4-6H2,1-3H3. The van der Waals surface area contributed by atoms with Crippen LogP contribution in [-0.2, 0) is 4.79 Å². The molecule has 1 aliphatic heterocycles. The van der Waals surface area contributed by atoms with Crippen LogP contribution in [0.3, 0.4) is 0 Å². The molecule has 0 radical (unpaired) electrons. The maximum Gasteiger partial charge on any atom is 0.152 e. The molecule has 12 heavy (non-hydrogen) atoms. The predicted octanol–water partition coefficient (Wildman–Crippen LogP) is 1.62. The Kier molecular flexibility index (Phi) is 3.04. The second kappa shape index (κ2) is 3.85. The van der Waals surface area contributed by atoms with E-state index in [1.165, 1.54) is 5.57 Å². The van der Waals surface area contributed by atoms with E-state index in [9.17, 15) is 4.79 Å². The number of carbonyl (C=O) groups excluding carboxylic acids is 1. The van der Waals surface area contributed by atoms with Crippen molar-refractivity contribution >= 4 is 5.78 Å². The normalized spacial score (nSPS) is 29.2. The first-order valence-electron chi connectivity index (χ1n) is 4.50. The Morgan fingerprint density at radius 1 is 1.67 bits per heavy atom. The van der Waals surface area contributed by atoms with Crippen LogP contribution >= 0.6 is 0 Å². The highest BCUT2D eigenvalue weighted by Gasteiger charge is 2.17. The summed E-state index contributed by atoms with van der Waals surface area (Å²) in [5.74, 6) is 0.182. The summed E-state index contributed by atoms with van der Waals surface area (Å²) in [4.78, 5) is 13.1. The van der Waals surface area contributed by atoms with Gasteiger partial charge in [-0.05, 0) is 39.8 Å². The number of ketones is 1. The number of likely N-dealkylation sites (tertiary alicyclic amines) is 1. The smallest absolute Gasteiger partial charge is 0.152 e. The molecule has 0 saturated carbocycles. The van der Waals surface area contributed by atoms with Gasteiger partial charge < -0.3 is 4.90 Å². The molecule has 0 aliphatic carbocycles. The van der Waals surface area contributed by atoms with Crippen molar-refractivity contribution < 1.29 is 4.79 Å². The quantitative estimate of drug-likeness (QED) is 0.553. The third kappa shape index (κ3) is 2.45. The molecule has 2 nitrogen and oxygen atoms in total. The second-order valence-corrected chi connectivity index (χ2v) is 3.70. The van der Waals surface area contributed by atoms with E-state index in [0.717, 1.165) is 19.4 Å². The Morgan fingerprint density at radius 2 is 2.33 bits per heavy atom. The Bertz CT molecular complexity index is 208. The summed E-state index contributed by atoms with van der Waals surface area (Å²) in [6, 6.07) is 0.587. The number of nitrogens with zero attached hydrogens (tertiary/aromatic N) is 1. The SMILES string of the molecule is CC(=O)C=C1CCN(C)C(C)C1.